The lowest BCUT2D eigenvalue weighted by Gasteiger charge is -2.37. The Kier molecular flexibility index (Phi) is 3.98. The van der Waals surface area contributed by atoms with Gasteiger partial charge < -0.3 is 15.3 Å². The third kappa shape index (κ3) is 3.59. The summed E-state index contributed by atoms with van der Waals surface area (Å²) in [4.78, 5) is 24.2. The Hall–Kier alpha value is -1.31. The number of carbonyl (C=O) groups excluding carboxylic acids is 1. The number of amides is 2. The van der Waals surface area contributed by atoms with Gasteiger partial charge in [0.25, 0.3) is 0 Å². The quantitative estimate of drug-likeness (QED) is 0.750. The minimum atomic E-state index is -3.25. The molecule has 0 radical (unpaired) electrons. The van der Waals surface area contributed by atoms with Crippen molar-refractivity contribution >= 4 is 21.8 Å². The molecule has 1 aliphatic heterocycles. The summed E-state index contributed by atoms with van der Waals surface area (Å²) in [5, 5.41) is 11.6. The molecule has 2 rings (SSSR count). The van der Waals surface area contributed by atoms with Crippen LogP contribution >= 0.6 is 0 Å². The maximum atomic E-state index is 12.0. The largest absolute Gasteiger partial charge is 0.481 e. The summed E-state index contributed by atoms with van der Waals surface area (Å²) >= 11 is 0. The van der Waals surface area contributed by atoms with E-state index in [0.29, 0.717) is 0 Å². The molecular weight excluding hydrogens is 272 g/mol. The van der Waals surface area contributed by atoms with Gasteiger partial charge in [0.15, 0.2) is 9.84 Å². The number of carboxylic acids is 1. The molecule has 1 unspecified atom stereocenters. The molecule has 1 saturated carbocycles. The third-order valence-corrected chi connectivity index (χ3v) is 5.33. The minimum Gasteiger partial charge on any atom is -0.481 e. The van der Waals surface area contributed by atoms with Gasteiger partial charge in [-0.2, -0.15) is 0 Å². The molecule has 0 aromatic carbocycles. The molecule has 1 saturated heterocycles. The molecule has 8 heteroatoms. The first-order valence-electron chi connectivity index (χ1n) is 6.37. The normalized spacial score (nSPS) is 26.5. The maximum Gasteiger partial charge on any atom is 0.317 e. The van der Waals surface area contributed by atoms with Crippen molar-refractivity contribution in [3.05, 3.63) is 0 Å². The fourth-order valence-electron chi connectivity index (χ4n) is 2.33. The lowest BCUT2D eigenvalue weighted by atomic mass is 9.93. The highest BCUT2D eigenvalue weighted by molar-refractivity contribution is 7.91. The summed E-state index contributed by atoms with van der Waals surface area (Å²) in [5.74, 6) is -1.46. The van der Waals surface area contributed by atoms with Crippen LogP contribution in [0.25, 0.3) is 0 Å². The zero-order valence-electron chi connectivity index (χ0n) is 10.5. The van der Waals surface area contributed by atoms with E-state index in [4.69, 9.17) is 5.11 Å². The van der Waals surface area contributed by atoms with Crippen LogP contribution in [0.2, 0.25) is 0 Å². The van der Waals surface area contributed by atoms with Crippen LogP contribution in [0.15, 0.2) is 0 Å². The molecule has 0 aromatic rings. The molecule has 19 heavy (non-hydrogen) atoms. The number of carboxylic acid groups (broad SMARTS) is 1. The molecule has 1 aliphatic carbocycles. The number of sulfone groups is 1. The van der Waals surface area contributed by atoms with Crippen molar-refractivity contribution in [1.82, 2.24) is 10.2 Å². The Morgan fingerprint density at radius 3 is 2.53 bits per heavy atom. The number of urea groups is 1. The van der Waals surface area contributed by atoms with E-state index in [1.807, 2.05) is 0 Å². The van der Waals surface area contributed by atoms with Crippen LogP contribution in [-0.2, 0) is 14.6 Å². The Balaban J connectivity index is 2.02. The number of hydrogen-bond acceptors (Lipinski definition) is 4. The first-order chi connectivity index (χ1) is 8.87. The van der Waals surface area contributed by atoms with Crippen molar-refractivity contribution in [3.63, 3.8) is 0 Å². The summed E-state index contributed by atoms with van der Waals surface area (Å²) in [6, 6.07) is -0.960. The highest BCUT2D eigenvalue weighted by Crippen LogP contribution is 2.20. The molecule has 2 aliphatic rings. The fourth-order valence-corrected chi connectivity index (χ4v) is 3.86. The zero-order chi connectivity index (χ0) is 14.0. The van der Waals surface area contributed by atoms with Crippen molar-refractivity contribution in [2.75, 3.05) is 18.1 Å². The van der Waals surface area contributed by atoms with Crippen molar-refractivity contribution in [2.24, 2.45) is 0 Å². The van der Waals surface area contributed by atoms with Crippen molar-refractivity contribution in [2.45, 2.75) is 37.8 Å². The fraction of sp³-hybridized carbons (Fsp3) is 0.818. The predicted octanol–water partition coefficient (Wildman–Crippen LogP) is -0.178. The molecule has 1 heterocycles. The summed E-state index contributed by atoms with van der Waals surface area (Å²) in [7, 11) is -3.25. The van der Waals surface area contributed by atoms with Crippen LogP contribution in [0.3, 0.4) is 0 Å². The molecule has 0 spiro atoms. The van der Waals surface area contributed by atoms with Crippen LogP contribution in [-0.4, -0.2) is 60.6 Å². The highest BCUT2D eigenvalue weighted by atomic mass is 32.2. The lowest BCUT2D eigenvalue weighted by molar-refractivity contribution is -0.138. The number of nitrogens with zero attached hydrogens (tertiary/aromatic N) is 1. The summed E-state index contributed by atoms with van der Waals surface area (Å²) < 4.78 is 23.1. The van der Waals surface area contributed by atoms with Crippen LogP contribution < -0.4 is 5.32 Å². The second-order valence-electron chi connectivity index (χ2n) is 5.14. The van der Waals surface area contributed by atoms with Gasteiger partial charge in [0.2, 0.25) is 0 Å². The van der Waals surface area contributed by atoms with E-state index in [0.717, 1.165) is 19.3 Å². The standard InChI is InChI=1S/C11H18N2O5S/c14-10(15)6-9-7-19(17,18)5-4-13(9)11(16)12-8-2-1-3-8/h8-9H,1-7H2,(H,12,16)(H,14,15). The molecule has 2 amide bonds. The molecule has 0 aromatic heterocycles. The van der Waals surface area contributed by atoms with Crippen molar-refractivity contribution in [3.8, 4) is 0 Å². The minimum absolute atomic E-state index is 0.0683. The average molecular weight is 290 g/mol. The van der Waals surface area contributed by atoms with Crippen molar-refractivity contribution in [1.29, 1.82) is 0 Å². The van der Waals surface area contributed by atoms with E-state index < -0.39 is 21.8 Å². The van der Waals surface area contributed by atoms with Gasteiger partial charge in [0, 0.05) is 12.6 Å². The van der Waals surface area contributed by atoms with E-state index in [2.05, 4.69) is 5.32 Å². The van der Waals surface area contributed by atoms with Gasteiger partial charge in [0.1, 0.15) is 0 Å². The van der Waals surface area contributed by atoms with Crippen LogP contribution in [0.5, 0.6) is 0 Å². The number of hydrogen-bond donors (Lipinski definition) is 2. The Morgan fingerprint density at radius 2 is 2.00 bits per heavy atom. The van der Waals surface area contributed by atoms with E-state index in [1.165, 1.54) is 4.90 Å². The molecule has 7 nitrogen and oxygen atoms in total. The molecule has 2 N–H and O–H groups in total. The lowest BCUT2D eigenvalue weighted by Crippen LogP contribution is -2.57. The van der Waals surface area contributed by atoms with Crippen LogP contribution in [0.1, 0.15) is 25.7 Å². The van der Waals surface area contributed by atoms with E-state index in [1.54, 1.807) is 0 Å². The van der Waals surface area contributed by atoms with Gasteiger partial charge in [-0.15, -0.1) is 0 Å². The topological polar surface area (TPSA) is 104 Å². The Morgan fingerprint density at radius 1 is 1.32 bits per heavy atom. The van der Waals surface area contributed by atoms with Gasteiger partial charge in [-0.1, -0.05) is 0 Å². The van der Waals surface area contributed by atoms with E-state index >= 15 is 0 Å². The van der Waals surface area contributed by atoms with Gasteiger partial charge in [-0.25, -0.2) is 13.2 Å². The number of nitrogens with one attached hydrogen (secondary N) is 1. The van der Waals surface area contributed by atoms with Crippen LogP contribution in [0, 0.1) is 0 Å². The SMILES string of the molecule is O=C(O)CC1CS(=O)(=O)CCN1C(=O)NC1CCC1. The van der Waals surface area contributed by atoms with E-state index in [9.17, 15) is 18.0 Å². The summed E-state index contributed by atoms with van der Waals surface area (Å²) in [6.45, 7) is 0.0683. The number of carbonyl (C=O) groups is 2. The highest BCUT2D eigenvalue weighted by Gasteiger charge is 2.36. The van der Waals surface area contributed by atoms with Gasteiger partial charge >= 0.3 is 12.0 Å². The molecular formula is C11H18N2O5S. The zero-order valence-corrected chi connectivity index (χ0v) is 11.4. The van der Waals surface area contributed by atoms with Crippen molar-refractivity contribution < 1.29 is 23.1 Å². The number of rotatable bonds is 3. The molecule has 0 bridgehead atoms. The second kappa shape index (κ2) is 5.36. The average Bonchev–Trinajstić information content (AvgIpc) is 2.21. The molecule has 2 fully saturated rings. The Bertz CT molecular complexity index is 471. The van der Waals surface area contributed by atoms with Crippen LogP contribution in [0.4, 0.5) is 4.79 Å². The first kappa shape index (κ1) is 14.1. The monoisotopic (exact) mass is 290 g/mol. The third-order valence-electron chi connectivity index (χ3n) is 3.63. The Labute approximate surface area is 111 Å². The molecule has 1 atom stereocenters. The summed E-state index contributed by atoms with van der Waals surface area (Å²) in [5.41, 5.74) is 0. The second-order valence-corrected chi connectivity index (χ2v) is 7.37. The molecule has 108 valence electrons. The van der Waals surface area contributed by atoms with Gasteiger partial charge in [-0.3, -0.25) is 4.79 Å². The summed E-state index contributed by atoms with van der Waals surface area (Å²) in [6.07, 6.45) is 2.61. The number of aliphatic carboxylic acids is 1. The van der Waals surface area contributed by atoms with Gasteiger partial charge in [-0.05, 0) is 19.3 Å². The predicted molar refractivity (Wildman–Crippen MR) is 67.6 cm³/mol. The maximum absolute atomic E-state index is 12.0. The smallest absolute Gasteiger partial charge is 0.317 e. The van der Waals surface area contributed by atoms with E-state index in [-0.39, 0.29) is 36.5 Å². The first-order valence-corrected chi connectivity index (χ1v) is 8.19. The van der Waals surface area contributed by atoms with Gasteiger partial charge in [0.05, 0.1) is 24.0 Å².